The maximum Gasteiger partial charge on any atom is 0.212 e. The molecule has 6 nitrogen and oxygen atoms in total. The van der Waals surface area contributed by atoms with Gasteiger partial charge in [-0.05, 0) is 41.7 Å². The number of nitrogens with one attached hydrogen (secondary N) is 1. The average molecular weight is 424 g/mol. The molecule has 0 unspecified atom stereocenters. The minimum atomic E-state index is -3.78. The maximum atomic E-state index is 13.0. The third-order valence-electron chi connectivity index (χ3n) is 7.05. The van der Waals surface area contributed by atoms with E-state index in [-0.39, 0.29) is 29.4 Å². The zero-order chi connectivity index (χ0) is 20.2. The Morgan fingerprint density at radius 2 is 2.18 bits per heavy atom. The number of furan rings is 1. The molecule has 0 aliphatic heterocycles. The summed E-state index contributed by atoms with van der Waals surface area (Å²) in [7, 11) is -3.78. The molecule has 2 N–H and O–H groups in total. The molecule has 0 aromatic carbocycles. The second-order valence-corrected chi connectivity index (χ2v) is 11.4. The molecule has 2 saturated carbocycles. The molecule has 2 aliphatic carbocycles. The van der Waals surface area contributed by atoms with E-state index < -0.39 is 21.0 Å². The van der Waals surface area contributed by atoms with Gasteiger partial charge in [-0.15, -0.1) is 11.3 Å². The number of hydrogen-bond donors (Lipinski definition) is 2. The van der Waals surface area contributed by atoms with Crippen molar-refractivity contribution in [3.8, 4) is 0 Å². The molecule has 152 valence electrons. The summed E-state index contributed by atoms with van der Waals surface area (Å²) >= 11 is 1.34. The van der Waals surface area contributed by atoms with E-state index in [1.54, 1.807) is 18.2 Å². The predicted molar refractivity (Wildman–Crippen MR) is 106 cm³/mol. The van der Waals surface area contributed by atoms with Crippen LogP contribution in [0.1, 0.15) is 43.6 Å². The molecular weight excluding hydrogens is 398 g/mol. The number of Topliss-reactive ketones (excluding diaryl/α,β-unsaturated/α-hetero) is 1. The lowest BCUT2D eigenvalue weighted by Crippen LogP contribution is -2.48. The highest BCUT2D eigenvalue weighted by Gasteiger charge is 2.65. The Labute approximate surface area is 169 Å². The van der Waals surface area contributed by atoms with Gasteiger partial charge in [0.05, 0.1) is 18.3 Å². The number of carbonyl (C=O) groups excluding carboxylic acids is 1. The van der Waals surface area contributed by atoms with Gasteiger partial charge < -0.3 is 9.52 Å². The van der Waals surface area contributed by atoms with Crippen LogP contribution >= 0.6 is 11.3 Å². The van der Waals surface area contributed by atoms with Crippen molar-refractivity contribution in [2.24, 2.45) is 16.7 Å². The molecule has 0 saturated heterocycles. The van der Waals surface area contributed by atoms with Crippen molar-refractivity contribution in [3.05, 3.63) is 46.5 Å². The van der Waals surface area contributed by atoms with Crippen LogP contribution in [0.25, 0.3) is 0 Å². The van der Waals surface area contributed by atoms with Crippen LogP contribution < -0.4 is 4.72 Å². The molecule has 4 rings (SSSR count). The van der Waals surface area contributed by atoms with Crippen LogP contribution in [0.3, 0.4) is 0 Å². The van der Waals surface area contributed by atoms with E-state index in [0.29, 0.717) is 23.3 Å². The Hall–Kier alpha value is -1.48. The number of aliphatic hydroxyl groups is 1. The second kappa shape index (κ2) is 6.52. The molecule has 2 bridgehead atoms. The van der Waals surface area contributed by atoms with Crippen LogP contribution in [0.4, 0.5) is 0 Å². The molecule has 2 aromatic heterocycles. The minimum Gasteiger partial charge on any atom is -0.472 e. The number of hydrogen-bond acceptors (Lipinski definition) is 6. The van der Waals surface area contributed by atoms with Crippen molar-refractivity contribution in [1.82, 2.24) is 4.72 Å². The van der Waals surface area contributed by atoms with E-state index in [0.717, 1.165) is 6.42 Å². The van der Waals surface area contributed by atoms with E-state index in [1.807, 2.05) is 19.2 Å². The summed E-state index contributed by atoms with van der Waals surface area (Å²) in [6.45, 7) is 3.81. The number of ketones is 1. The van der Waals surface area contributed by atoms with Gasteiger partial charge >= 0.3 is 0 Å². The van der Waals surface area contributed by atoms with Gasteiger partial charge in [0.1, 0.15) is 11.4 Å². The molecule has 2 fully saturated rings. The summed E-state index contributed by atoms with van der Waals surface area (Å²) in [5, 5.41) is 13.1. The summed E-state index contributed by atoms with van der Waals surface area (Å²) in [4.78, 5) is 13.3. The second-order valence-electron chi connectivity index (χ2n) is 8.60. The maximum absolute atomic E-state index is 13.0. The van der Waals surface area contributed by atoms with Crippen molar-refractivity contribution in [1.29, 1.82) is 0 Å². The number of rotatable bonds is 7. The molecule has 0 spiro atoms. The first-order valence-corrected chi connectivity index (χ1v) is 11.9. The monoisotopic (exact) mass is 423 g/mol. The third-order valence-corrected chi connectivity index (χ3v) is 9.53. The molecule has 0 radical (unpaired) electrons. The molecule has 0 amide bonds. The fraction of sp³-hybridized carbons (Fsp3) is 0.550. The highest BCUT2D eigenvalue weighted by Crippen LogP contribution is 2.64. The van der Waals surface area contributed by atoms with Gasteiger partial charge in [-0.3, -0.25) is 4.79 Å². The lowest BCUT2D eigenvalue weighted by atomic mass is 9.70. The largest absolute Gasteiger partial charge is 0.472 e. The zero-order valence-corrected chi connectivity index (χ0v) is 17.6. The third kappa shape index (κ3) is 2.89. The van der Waals surface area contributed by atoms with E-state index in [1.165, 1.54) is 23.9 Å². The van der Waals surface area contributed by atoms with E-state index in [9.17, 15) is 18.3 Å². The molecule has 3 atom stereocenters. The molecule has 2 aromatic rings. The molecule has 2 aliphatic rings. The first kappa shape index (κ1) is 19.8. The summed E-state index contributed by atoms with van der Waals surface area (Å²) in [5.41, 5.74) is -2.21. The average Bonchev–Trinajstić information content (AvgIpc) is 3.39. The van der Waals surface area contributed by atoms with Gasteiger partial charge in [-0.25, -0.2) is 13.1 Å². The van der Waals surface area contributed by atoms with Crippen molar-refractivity contribution in [3.63, 3.8) is 0 Å². The Morgan fingerprint density at radius 3 is 2.71 bits per heavy atom. The molecular formula is C20H25NO5S2. The Kier molecular flexibility index (Phi) is 4.61. The quantitative estimate of drug-likeness (QED) is 0.714. The van der Waals surface area contributed by atoms with Gasteiger partial charge in [-0.1, -0.05) is 19.9 Å². The topological polar surface area (TPSA) is 96.6 Å². The highest BCUT2D eigenvalue weighted by molar-refractivity contribution is 7.89. The van der Waals surface area contributed by atoms with Crippen molar-refractivity contribution in [2.45, 2.75) is 38.7 Å². The first-order chi connectivity index (χ1) is 13.1. The van der Waals surface area contributed by atoms with E-state index in [2.05, 4.69) is 4.72 Å². The normalized spacial score (nSPS) is 28.5. The van der Waals surface area contributed by atoms with Crippen molar-refractivity contribution in [2.75, 3.05) is 12.3 Å². The van der Waals surface area contributed by atoms with Gasteiger partial charge in [0.25, 0.3) is 0 Å². The van der Waals surface area contributed by atoms with Crippen LogP contribution in [-0.2, 0) is 20.4 Å². The smallest absolute Gasteiger partial charge is 0.212 e. The van der Waals surface area contributed by atoms with Crippen LogP contribution in [0.15, 0.2) is 40.5 Å². The summed E-state index contributed by atoms with van der Waals surface area (Å²) < 4.78 is 33.7. The van der Waals surface area contributed by atoms with Crippen LogP contribution in [0, 0.1) is 16.7 Å². The molecule has 2 heterocycles. The minimum absolute atomic E-state index is 0.0579. The number of thiophene rings is 1. The van der Waals surface area contributed by atoms with Crippen molar-refractivity contribution < 1.29 is 22.7 Å². The zero-order valence-electron chi connectivity index (χ0n) is 16.0. The Bertz CT molecular complexity index is 928. The summed E-state index contributed by atoms with van der Waals surface area (Å²) in [6.07, 6.45) is 4.83. The Balaban J connectivity index is 1.57. The van der Waals surface area contributed by atoms with Crippen LogP contribution in [0.5, 0.6) is 0 Å². The Morgan fingerprint density at radius 1 is 1.39 bits per heavy atom. The van der Waals surface area contributed by atoms with E-state index >= 15 is 0 Å². The van der Waals surface area contributed by atoms with Gasteiger partial charge in [-0.2, -0.15) is 0 Å². The van der Waals surface area contributed by atoms with Gasteiger partial charge in [0.2, 0.25) is 10.0 Å². The van der Waals surface area contributed by atoms with Gasteiger partial charge in [0.15, 0.2) is 0 Å². The fourth-order valence-corrected chi connectivity index (χ4v) is 7.75. The molecule has 28 heavy (non-hydrogen) atoms. The van der Waals surface area contributed by atoms with E-state index in [4.69, 9.17) is 4.42 Å². The fourth-order valence-electron chi connectivity index (χ4n) is 5.04. The summed E-state index contributed by atoms with van der Waals surface area (Å²) in [5.74, 6) is 0.0838. The summed E-state index contributed by atoms with van der Waals surface area (Å²) in [6, 6.07) is 5.19. The molecule has 8 heteroatoms. The standard InChI is InChI=1S/C20H25NO5S2/c1-18(2)14-5-7-19(18,16(22)10-14)13-28(24,25)21-12-20(23,15-6-8-26-11-15)17-4-3-9-27-17/h3-4,6,8-9,11,14,21,23H,5,7,10,12-13H2,1-2H3/t14-,19+,20+/m0/s1. The SMILES string of the molecule is CC1(C)[C@H]2CC[C@@]1(CS(=O)(=O)NC[C@@](O)(c1ccoc1)c1cccs1)C(=O)C2. The first-order valence-electron chi connectivity index (χ1n) is 9.40. The lowest BCUT2D eigenvalue weighted by molar-refractivity contribution is -0.128. The number of fused-ring (bicyclic) bond motifs is 2. The number of sulfonamides is 1. The number of carbonyl (C=O) groups is 1. The van der Waals surface area contributed by atoms with Gasteiger partial charge in [0, 0.05) is 28.8 Å². The van der Waals surface area contributed by atoms with Crippen LogP contribution in [0.2, 0.25) is 0 Å². The highest BCUT2D eigenvalue weighted by atomic mass is 32.2. The van der Waals surface area contributed by atoms with Crippen molar-refractivity contribution >= 4 is 27.1 Å². The predicted octanol–water partition coefficient (Wildman–Crippen LogP) is 2.89. The van der Waals surface area contributed by atoms with Crippen LogP contribution in [-0.4, -0.2) is 31.6 Å². The lowest BCUT2D eigenvalue weighted by Gasteiger charge is -2.36.